The molecule has 0 saturated carbocycles. The summed E-state index contributed by atoms with van der Waals surface area (Å²) in [4.78, 5) is 10.3. The van der Waals surface area contributed by atoms with Crippen molar-refractivity contribution in [3.63, 3.8) is 0 Å². The van der Waals surface area contributed by atoms with E-state index in [0.717, 1.165) is 12.1 Å². The van der Waals surface area contributed by atoms with E-state index in [1.54, 1.807) is 13.0 Å². The van der Waals surface area contributed by atoms with E-state index in [2.05, 4.69) is 5.32 Å². The van der Waals surface area contributed by atoms with Gasteiger partial charge < -0.3 is 10.4 Å². The number of halogens is 3. The molecular formula is C12H14F3NO2. The Morgan fingerprint density at radius 2 is 2.11 bits per heavy atom. The van der Waals surface area contributed by atoms with Gasteiger partial charge in [-0.05, 0) is 24.6 Å². The number of benzene rings is 1. The lowest BCUT2D eigenvalue weighted by Crippen LogP contribution is -2.22. The number of rotatable bonds is 5. The minimum atomic E-state index is -4.36. The van der Waals surface area contributed by atoms with Gasteiger partial charge in [-0.25, -0.2) is 0 Å². The average Bonchev–Trinajstić information content (AvgIpc) is 2.27. The maximum absolute atomic E-state index is 12.5. The van der Waals surface area contributed by atoms with Gasteiger partial charge in [-0.15, -0.1) is 0 Å². The van der Waals surface area contributed by atoms with Crippen molar-refractivity contribution in [2.24, 2.45) is 0 Å². The van der Waals surface area contributed by atoms with Gasteiger partial charge in [0.05, 0.1) is 12.0 Å². The summed E-state index contributed by atoms with van der Waals surface area (Å²) in [6.45, 7) is 1.91. The lowest BCUT2D eigenvalue weighted by molar-refractivity contribution is -0.138. The van der Waals surface area contributed by atoms with Crippen LogP contribution in [0.4, 0.5) is 13.2 Å². The summed E-state index contributed by atoms with van der Waals surface area (Å²) in [5.74, 6) is -0.946. The highest BCUT2D eigenvalue weighted by molar-refractivity contribution is 5.66. The van der Waals surface area contributed by atoms with Crippen molar-refractivity contribution in [3.8, 4) is 0 Å². The first-order valence-corrected chi connectivity index (χ1v) is 5.43. The smallest absolute Gasteiger partial charge is 0.416 e. The molecule has 0 heterocycles. The Balaban J connectivity index is 2.68. The lowest BCUT2D eigenvalue weighted by atomic mass is 10.0. The topological polar surface area (TPSA) is 49.3 Å². The molecule has 1 aromatic rings. The molecule has 0 fully saturated rings. The second-order valence-corrected chi connectivity index (χ2v) is 3.94. The molecule has 100 valence electrons. The van der Waals surface area contributed by atoms with Gasteiger partial charge in [-0.2, -0.15) is 13.2 Å². The van der Waals surface area contributed by atoms with Crippen LogP contribution in [-0.4, -0.2) is 17.6 Å². The number of aliphatic carboxylic acids is 1. The first-order valence-electron chi connectivity index (χ1n) is 5.43. The molecule has 18 heavy (non-hydrogen) atoms. The molecule has 1 aromatic carbocycles. The molecule has 1 unspecified atom stereocenters. The Labute approximate surface area is 103 Å². The van der Waals surface area contributed by atoms with Crippen LogP contribution in [0.1, 0.15) is 30.5 Å². The van der Waals surface area contributed by atoms with Crippen molar-refractivity contribution in [3.05, 3.63) is 35.4 Å². The molecule has 1 atom stereocenters. The van der Waals surface area contributed by atoms with Crippen LogP contribution in [0, 0.1) is 0 Å². The molecule has 0 saturated heterocycles. The zero-order chi connectivity index (χ0) is 13.8. The maximum Gasteiger partial charge on any atom is 0.416 e. The minimum Gasteiger partial charge on any atom is -0.481 e. The highest BCUT2D eigenvalue weighted by Gasteiger charge is 2.30. The summed E-state index contributed by atoms with van der Waals surface area (Å²) < 4.78 is 37.5. The fourth-order valence-corrected chi connectivity index (χ4v) is 1.50. The third-order valence-corrected chi connectivity index (χ3v) is 2.50. The van der Waals surface area contributed by atoms with E-state index in [-0.39, 0.29) is 19.0 Å². The van der Waals surface area contributed by atoms with E-state index in [1.165, 1.54) is 6.07 Å². The van der Waals surface area contributed by atoms with Gasteiger partial charge in [0.1, 0.15) is 0 Å². The van der Waals surface area contributed by atoms with E-state index in [1.807, 2.05) is 0 Å². The Bertz CT molecular complexity index is 418. The quantitative estimate of drug-likeness (QED) is 0.856. The van der Waals surface area contributed by atoms with Crippen molar-refractivity contribution in [2.75, 3.05) is 6.54 Å². The molecule has 0 aliphatic heterocycles. The van der Waals surface area contributed by atoms with Gasteiger partial charge in [0.2, 0.25) is 0 Å². The summed E-state index contributed by atoms with van der Waals surface area (Å²) >= 11 is 0. The van der Waals surface area contributed by atoms with Crippen LogP contribution >= 0.6 is 0 Å². The number of nitrogens with one attached hydrogen (secondary N) is 1. The second-order valence-electron chi connectivity index (χ2n) is 3.94. The Morgan fingerprint density at radius 3 is 2.67 bits per heavy atom. The highest BCUT2D eigenvalue weighted by Crippen LogP contribution is 2.30. The van der Waals surface area contributed by atoms with E-state index in [4.69, 9.17) is 5.11 Å². The van der Waals surface area contributed by atoms with Crippen LogP contribution in [0.3, 0.4) is 0 Å². The third kappa shape index (κ3) is 4.37. The fraction of sp³-hybridized carbons (Fsp3) is 0.417. The second kappa shape index (κ2) is 5.86. The number of hydrogen-bond donors (Lipinski definition) is 2. The molecule has 0 bridgehead atoms. The number of carbonyl (C=O) groups is 1. The number of alkyl halides is 3. The third-order valence-electron chi connectivity index (χ3n) is 2.50. The number of carboxylic acid groups (broad SMARTS) is 1. The number of carboxylic acids is 1. The normalized spacial score (nSPS) is 13.3. The molecule has 6 heteroatoms. The standard InChI is InChI=1S/C12H14F3NO2/c1-8(16-6-5-11(17)18)9-3-2-4-10(7-9)12(13,14)15/h2-4,7-8,16H,5-6H2,1H3,(H,17,18). The molecule has 3 nitrogen and oxygen atoms in total. The molecule has 0 amide bonds. The molecule has 0 radical (unpaired) electrons. The molecule has 1 rings (SSSR count). The number of hydrogen-bond acceptors (Lipinski definition) is 2. The molecule has 0 aromatic heterocycles. The SMILES string of the molecule is CC(NCCC(=O)O)c1cccc(C(F)(F)F)c1. The molecule has 0 spiro atoms. The molecule has 0 aliphatic carbocycles. The van der Waals surface area contributed by atoms with Gasteiger partial charge in [0.25, 0.3) is 0 Å². The molecular weight excluding hydrogens is 247 g/mol. The van der Waals surface area contributed by atoms with Crippen LogP contribution < -0.4 is 5.32 Å². The summed E-state index contributed by atoms with van der Waals surface area (Å²) in [6, 6.07) is 4.67. The van der Waals surface area contributed by atoms with Gasteiger partial charge in [-0.3, -0.25) is 4.79 Å². The average molecular weight is 261 g/mol. The van der Waals surface area contributed by atoms with Gasteiger partial charge in [-0.1, -0.05) is 12.1 Å². The molecule has 2 N–H and O–H groups in total. The van der Waals surface area contributed by atoms with Gasteiger partial charge in [0, 0.05) is 12.6 Å². The van der Waals surface area contributed by atoms with Crippen molar-refractivity contribution >= 4 is 5.97 Å². The van der Waals surface area contributed by atoms with Crippen molar-refractivity contribution < 1.29 is 23.1 Å². The van der Waals surface area contributed by atoms with Crippen molar-refractivity contribution in [1.29, 1.82) is 0 Å². The Kier molecular flexibility index (Phi) is 4.72. The summed E-state index contributed by atoms with van der Waals surface area (Å²) in [6.07, 6.45) is -4.43. The van der Waals surface area contributed by atoms with Crippen LogP contribution in [0.15, 0.2) is 24.3 Å². The molecule has 0 aliphatic rings. The van der Waals surface area contributed by atoms with Crippen molar-refractivity contribution in [1.82, 2.24) is 5.32 Å². The van der Waals surface area contributed by atoms with Crippen LogP contribution in [0.25, 0.3) is 0 Å². The summed E-state index contributed by atoms with van der Waals surface area (Å²) in [7, 11) is 0. The fourth-order valence-electron chi connectivity index (χ4n) is 1.50. The summed E-state index contributed by atoms with van der Waals surface area (Å²) in [5, 5.41) is 11.3. The zero-order valence-corrected chi connectivity index (χ0v) is 9.79. The van der Waals surface area contributed by atoms with E-state index < -0.39 is 17.7 Å². The first kappa shape index (κ1) is 14.5. The van der Waals surface area contributed by atoms with Crippen LogP contribution in [-0.2, 0) is 11.0 Å². The largest absolute Gasteiger partial charge is 0.481 e. The lowest BCUT2D eigenvalue weighted by Gasteiger charge is -2.15. The van der Waals surface area contributed by atoms with Crippen LogP contribution in [0.5, 0.6) is 0 Å². The van der Waals surface area contributed by atoms with Crippen molar-refractivity contribution in [2.45, 2.75) is 25.6 Å². The highest BCUT2D eigenvalue weighted by atomic mass is 19.4. The summed E-state index contributed by atoms with van der Waals surface area (Å²) in [5.41, 5.74) is -0.220. The monoisotopic (exact) mass is 261 g/mol. The Morgan fingerprint density at radius 1 is 1.44 bits per heavy atom. The minimum absolute atomic E-state index is 0.0662. The van der Waals surface area contributed by atoms with Gasteiger partial charge >= 0.3 is 12.1 Å². The van der Waals surface area contributed by atoms with E-state index in [0.29, 0.717) is 5.56 Å². The van der Waals surface area contributed by atoms with Crippen LogP contribution in [0.2, 0.25) is 0 Å². The predicted molar refractivity (Wildman–Crippen MR) is 60.1 cm³/mol. The Hall–Kier alpha value is -1.56. The zero-order valence-electron chi connectivity index (χ0n) is 9.79. The van der Waals surface area contributed by atoms with E-state index >= 15 is 0 Å². The predicted octanol–water partition coefficient (Wildman–Crippen LogP) is 2.83. The maximum atomic E-state index is 12.5. The first-order chi connectivity index (χ1) is 8.30. The van der Waals surface area contributed by atoms with E-state index in [9.17, 15) is 18.0 Å². The van der Waals surface area contributed by atoms with Gasteiger partial charge in [0.15, 0.2) is 0 Å².